The predicted molar refractivity (Wildman–Crippen MR) is 261 cm³/mol. The van der Waals surface area contributed by atoms with Crippen LogP contribution < -0.4 is 19.1 Å². The van der Waals surface area contributed by atoms with Gasteiger partial charge in [-0.2, -0.15) is 0 Å². The number of nitrogens with zero attached hydrogens (tertiary/aromatic N) is 5. The zero-order chi connectivity index (χ0) is 47.4. The first-order valence-electron chi connectivity index (χ1n) is 21.7. The molecule has 1 aromatic heterocycles. The van der Waals surface area contributed by atoms with Crippen LogP contribution in [0.5, 0.6) is 11.5 Å². The predicted octanol–water partition coefficient (Wildman–Crippen LogP) is 9.40. The molecule has 3 heterocycles. The molecule has 0 radical (unpaired) electrons. The van der Waals surface area contributed by atoms with Gasteiger partial charge in [-0.25, -0.2) is 19.1 Å². The Balaban J connectivity index is 0.872. The number of carbonyl (C=O) groups is 4. The average molecular weight is 1010 g/mol. The molecule has 3 atom stereocenters. The van der Waals surface area contributed by atoms with E-state index in [2.05, 4.69) is 4.98 Å². The molecule has 67 heavy (non-hydrogen) atoms. The lowest BCUT2D eigenvalue weighted by Gasteiger charge is -2.69. The Kier molecular flexibility index (Phi) is 13.2. The number of rotatable bonds is 15. The summed E-state index contributed by atoms with van der Waals surface area (Å²) in [5, 5.41) is 3.55. The molecule has 4 amide bonds. The number of hydrogen-bond acceptors (Lipinski definition) is 11. The Morgan fingerprint density at radius 1 is 0.776 bits per heavy atom. The number of likely N-dealkylation sites (N-methyl/N-ethyl adjacent to an activating group) is 2. The Morgan fingerprint density at radius 3 is 1.78 bits per heavy atom. The van der Waals surface area contributed by atoms with Crippen molar-refractivity contribution in [3.05, 3.63) is 96.2 Å². The first-order valence-corrected chi connectivity index (χ1v) is 26.5. The molecule has 0 saturated heterocycles. The molecule has 10 rings (SSSR count). The molecule has 20 heteroatoms. The van der Waals surface area contributed by atoms with E-state index < -0.39 is 30.8 Å². The third-order valence-electron chi connectivity index (χ3n) is 13.2. The first kappa shape index (κ1) is 47.3. The summed E-state index contributed by atoms with van der Waals surface area (Å²) in [4.78, 5) is 85.7. The molecule has 3 fully saturated rings. The van der Waals surface area contributed by atoms with Crippen molar-refractivity contribution in [2.75, 3.05) is 68.4 Å². The first-order chi connectivity index (χ1) is 32.0. The Bertz CT molecular complexity index is 2820. The maximum Gasteiger partial charge on any atom is 0.524 e. The van der Waals surface area contributed by atoms with Crippen LogP contribution in [0.1, 0.15) is 49.1 Å². The number of aromatic nitrogens is 1. The second-order valence-corrected chi connectivity index (χ2v) is 22.3. The topological polar surface area (TPSA) is 179 Å². The molecule has 2 bridgehead atoms. The average Bonchev–Trinajstić information content (AvgIpc) is 3.86. The maximum absolute atomic E-state index is 14.8. The minimum Gasteiger partial charge on any atom is -0.448 e. The number of phosphoric acid groups is 1. The largest absolute Gasteiger partial charge is 0.524 e. The van der Waals surface area contributed by atoms with Crippen LogP contribution in [0.3, 0.4) is 0 Å². The van der Waals surface area contributed by atoms with Gasteiger partial charge in [0.25, 0.3) is 0 Å². The van der Waals surface area contributed by atoms with Crippen molar-refractivity contribution < 1.29 is 47.5 Å². The fourth-order valence-corrected chi connectivity index (χ4v) is 12.9. The van der Waals surface area contributed by atoms with Crippen molar-refractivity contribution in [2.45, 2.75) is 48.3 Å². The van der Waals surface area contributed by atoms with Gasteiger partial charge in [-0.3, -0.25) is 19.4 Å². The summed E-state index contributed by atoms with van der Waals surface area (Å²) >= 11 is 13.1. The van der Waals surface area contributed by atoms with Gasteiger partial charge in [0.1, 0.15) is 23.1 Å². The van der Waals surface area contributed by atoms with Gasteiger partial charge >= 0.3 is 20.0 Å². The molecule has 0 unspecified atom stereocenters. The molecule has 3 saturated carbocycles. The molecule has 2 aliphatic heterocycles. The second-order valence-electron chi connectivity index (χ2n) is 17.9. The minimum absolute atomic E-state index is 0.0125. The smallest absolute Gasteiger partial charge is 0.448 e. The molecule has 352 valence electrons. The lowest BCUT2D eigenvalue weighted by Crippen LogP contribution is -2.73. The summed E-state index contributed by atoms with van der Waals surface area (Å²) in [6.45, 7) is 3.10. The number of carbonyl (C=O) groups excluding carboxylic acids is 4. The molecule has 3 aliphatic carbocycles. The van der Waals surface area contributed by atoms with E-state index in [1.165, 1.54) is 26.7 Å². The summed E-state index contributed by atoms with van der Waals surface area (Å²) in [7, 11) is 1.31. The lowest BCUT2D eigenvalue weighted by molar-refractivity contribution is -0.204. The van der Waals surface area contributed by atoms with Crippen LogP contribution in [0.25, 0.3) is 21.5 Å². The van der Waals surface area contributed by atoms with E-state index in [0.717, 1.165) is 21.5 Å². The van der Waals surface area contributed by atoms with Gasteiger partial charge in [-0.05, 0) is 71.0 Å². The molecule has 15 nitrogen and oxygen atoms in total. The summed E-state index contributed by atoms with van der Waals surface area (Å²) in [5.41, 5.74) is 1.20. The highest BCUT2D eigenvalue weighted by Crippen LogP contribution is 2.75. The van der Waals surface area contributed by atoms with Gasteiger partial charge in [0.2, 0.25) is 11.8 Å². The highest BCUT2D eigenvalue weighted by molar-refractivity contribution is 8.76. The van der Waals surface area contributed by atoms with Gasteiger partial charge in [0, 0.05) is 98.2 Å². The number of alkyl halides is 2. The van der Waals surface area contributed by atoms with Crippen molar-refractivity contribution in [2.24, 2.45) is 10.8 Å². The van der Waals surface area contributed by atoms with Gasteiger partial charge in [0.05, 0.1) is 22.2 Å². The van der Waals surface area contributed by atoms with Crippen molar-refractivity contribution >= 4 is 110 Å². The Labute approximate surface area is 405 Å². The Hall–Kier alpha value is -4.74. The lowest BCUT2D eigenvalue weighted by atomic mass is 9.34. The molecule has 4 aromatic carbocycles. The maximum atomic E-state index is 14.8. The van der Waals surface area contributed by atoms with Gasteiger partial charge < -0.3 is 33.6 Å². The standard InChI is InChI=1S/C47H48Cl2N5O10PS2/c1-28(66-67-39-14-8-9-15-50-39)24-62-44(57)51(2)16-17-52(3)45(58)63-37-18-35-40(33-12-6-4-10-31(33)37)29(20-48)22-53(35)42(55)46-25-47(26-46,27-46)43(56)54-23-30(21-49)41-34-13-7-5-11-32(34)38(19-36(41)54)64-65(59,60)61/h4-15,18-19,28-30H,16-17,20-27H2,1-3H3,(H2,59,60,61)/t28-,29-,30-,46?,47?/m1/s1. The van der Waals surface area contributed by atoms with E-state index >= 15 is 0 Å². The quantitative estimate of drug-likeness (QED) is 0.0576. The number of ether oxygens (including phenoxy) is 2. The highest BCUT2D eigenvalue weighted by Gasteiger charge is 2.76. The number of anilines is 2. The highest BCUT2D eigenvalue weighted by atomic mass is 35.5. The zero-order valence-electron chi connectivity index (χ0n) is 36.8. The van der Waals surface area contributed by atoms with Crippen LogP contribution in [0, 0.1) is 10.8 Å². The third kappa shape index (κ3) is 8.92. The van der Waals surface area contributed by atoms with Crippen molar-refractivity contribution in [1.82, 2.24) is 14.8 Å². The van der Waals surface area contributed by atoms with Crippen LogP contribution in [0.15, 0.2) is 90.1 Å². The normalized spacial score (nSPS) is 21.8. The fraction of sp³-hybridized carbons (Fsp3) is 0.383. The SMILES string of the molecule is C[C@H](COC(=O)N(C)CCN(C)C(=O)Oc1cc2c(c3ccccc13)[C@H](CCl)CN2C(=O)C12CC(C(=O)N3C[C@@H](CCl)c4c3cc(OP(=O)(O)O)c3ccccc43)(C1)C2)SSc1ccccn1. The molecule has 5 aromatic rings. The van der Waals surface area contributed by atoms with Crippen molar-refractivity contribution in [3.63, 3.8) is 0 Å². The van der Waals surface area contributed by atoms with Gasteiger partial charge in [-0.1, -0.05) is 65.4 Å². The molecular formula is C47H48Cl2N5O10PS2. The second kappa shape index (κ2) is 18.6. The zero-order valence-corrected chi connectivity index (χ0v) is 40.8. The monoisotopic (exact) mass is 1010 g/mol. The number of pyridine rings is 1. The summed E-state index contributed by atoms with van der Waals surface area (Å²) in [5.74, 6) is -0.0402. The number of halogens is 2. The third-order valence-corrected chi connectivity index (χ3v) is 17.2. The van der Waals surface area contributed by atoms with Crippen LogP contribution in [0.2, 0.25) is 0 Å². The van der Waals surface area contributed by atoms with E-state index in [-0.39, 0.29) is 78.4 Å². The van der Waals surface area contributed by atoms with Crippen LogP contribution in [-0.2, 0) is 18.9 Å². The molecular weight excluding hydrogens is 961 g/mol. The summed E-state index contributed by atoms with van der Waals surface area (Å²) in [6.07, 6.45) is 1.55. The molecule has 5 aliphatic rings. The number of benzene rings is 4. The van der Waals surface area contributed by atoms with E-state index in [1.807, 2.05) is 61.5 Å². The van der Waals surface area contributed by atoms with E-state index in [0.29, 0.717) is 53.3 Å². The van der Waals surface area contributed by atoms with Crippen LogP contribution >= 0.6 is 52.6 Å². The van der Waals surface area contributed by atoms with Gasteiger partial charge in [-0.15, -0.1) is 23.2 Å². The van der Waals surface area contributed by atoms with Crippen molar-refractivity contribution in [3.8, 4) is 11.5 Å². The Morgan fingerprint density at radius 2 is 1.27 bits per heavy atom. The number of fused-ring (bicyclic) bond motifs is 6. The minimum atomic E-state index is -4.94. The molecule has 2 N–H and O–H groups in total. The summed E-state index contributed by atoms with van der Waals surface area (Å²) < 4.78 is 28.7. The number of amides is 4. The number of phosphoric ester groups is 1. The van der Waals surface area contributed by atoms with E-state index in [4.69, 9.17) is 37.2 Å². The number of hydrogen-bond donors (Lipinski definition) is 2. The summed E-state index contributed by atoms with van der Waals surface area (Å²) in [6, 6.07) is 23.5. The van der Waals surface area contributed by atoms with Crippen LogP contribution in [0.4, 0.5) is 21.0 Å². The van der Waals surface area contributed by atoms with Crippen LogP contribution in [-0.4, -0.2) is 112 Å². The van der Waals surface area contributed by atoms with E-state index in [1.54, 1.807) is 59.1 Å². The van der Waals surface area contributed by atoms with Gasteiger partial charge in [0.15, 0.2) is 0 Å². The van der Waals surface area contributed by atoms with E-state index in [9.17, 15) is 33.5 Å². The van der Waals surface area contributed by atoms with Crippen molar-refractivity contribution in [1.29, 1.82) is 0 Å². The molecule has 0 spiro atoms. The fourth-order valence-electron chi connectivity index (χ4n) is 10.1.